The van der Waals surface area contributed by atoms with E-state index in [4.69, 9.17) is 33.2 Å². The number of hydrogen-bond donors (Lipinski definition) is 2. The van der Waals surface area contributed by atoms with Crippen molar-refractivity contribution in [2.75, 3.05) is 16.8 Å². The molecule has 11 heteroatoms. The average molecular weight is 586 g/mol. The zero-order chi connectivity index (χ0) is 27.3. The molecule has 0 unspecified atom stereocenters. The fourth-order valence-electron chi connectivity index (χ4n) is 4.36. The van der Waals surface area contributed by atoms with Crippen molar-refractivity contribution in [2.24, 2.45) is 0 Å². The highest BCUT2D eigenvalue weighted by atomic mass is 35.5. The highest BCUT2D eigenvalue weighted by Gasteiger charge is 2.19. The minimum absolute atomic E-state index is 0.387. The highest BCUT2D eigenvalue weighted by Crippen LogP contribution is 2.30. The molecule has 1 aliphatic heterocycles. The first-order valence-electron chi connectivity index (χ1n) is 12.6. The molecule has 2 N–H and O–H groups in total. The maximum Gasteiger partial charge on any atom is 0.232 e. The summed E-state index contributed by atoms with van der Waals surface area (Å²) in [7, 11) is 0. The van der Waals surface area contributed by atoms with Crippen LogP contribution in [0.1, 0.15) is 16.9 Å². The number of rotatable bonds is 7. The van der Waals surface area contributed by atoms with E-state index in [2.05, 4.69) is 54.8 Å². The molecule has 0 atom stereocenters. The molecule has 0 saturated carbocycles. The molecule has 0 aliphatic carbocycles. The minimum Gasteiger partial charge on any atom is -0.459 e. The van der Waals surface area contributed by atoms with Crippen LogP contribution in [0.4, 0.5) is 11.8 Å². The van der Waals surface area contributed by atoms with E-state index in [1.165, 1.54) is 22.9 Å². The Bertz CT molecular complexity index is 1630. The average Bonchev–Trinajstić information content (AvgIpc) is 3.46. The molecule has 40 heavy (non-hydrogen) atoms. The predicted octanol–water partition coefficient (Wildman–Crippen LogP) is 6.38. The van der Waals surface area contributed by atoms with E-state index in [9.17, 15) is 0 Å². The molecule has 0 amide bonds. The second-order valence-corrected chi connectivity index (χ2v) is 10.9. The smallest absolute Gasteiger partial charge is 0.232 e. The van der Waals surface area contributed by atoms with Gasteiger partial charge in [-0.3, -0.25) is 0 Å². The molecule has 0 fully saturated rings. The summed E-state index contributed by atoms with van der Waals surface area (Å²) in [6.45, 7) is 2.04. The third-order valence-electron chi connectivity index (χ3n) is 6.32. The van der Waals surface area contributed by atoms with Gasteiger partial charge >= 0.3 is 0 Å². The number of anilines is 2. The Hall–Kier alpha value is -3.99. The Morgan fingerprint density at radius 1 is 0.975 bits per heavy atom. The van der Waals surface area contributed by atoms with Crippen LogP contribution in [0.3, 0.4) is 0 Å². The van der Waals surface area contributed by atoms with E-state index < -0.39 is 0 Å². The lowest BCUT2D eigenvalue weighted by Crippen LogP contribution is -2.32. The Balaban J connectivity index is 1.17. The van der Waals surface area contributed by atoms with Gasteiger partial charge in [0, 0.05) is 42.1 Å². The number of nitrogens with zero attached hydrogens (tertiary/aromatic N) is 5. The predicted molar refractivity (Wildman–Crippen MR) is 162 cm³/mol. The lowest BCUT2D eigenvalue weighted by Gasteiger charge is -2.30. The summed E-state index contributed by atoms with van der Waals surface area (Å²) >= 11 is 12.9. The van der Waals surface area contributed by atoms with Gasteiger partial charge in [0.25, 0.3) is 0 Å². The van der Waals surface area contributed by atoms with Crippen LogP contribution in [-0.2, 0) is 19.5 Å². The molecule has 4 heterocycles. The van der Waals surface area contributed by atoms with E-state index in [-0.39, 0.29) is 0 Å². The molecular formula is C29H24ClN7OS2. The van der Waals surface area contributed by atoms with Crippen LogP contribution < -0.4 is 15.5 Å². The summed E-state index contributed by atoms with van der Waals surface area (Å²) in [6.07, 6.45) is 4.38. The fraction of sp³-hybridized carbons (Fsp3) is 0.138. The number of halogens is 1. The topological polar surface area (TPSA) is 92.0 Å². The van der Waals surface area contributed by atoms with Gasteiger partial charge in [-0.15, -0.1) is 0 Å². The van der Waals surface area contributed by atoms with Gasteiger partial charge in [0.05, 0.1) is 6.54 Å². The van der Waals surface area contributed by atoms with Crippen molar-refractivity contribution < 1.29 is 4.42 Å². The summed E-state index contributed by atoms with van der Waals surface area (Å²) < 4.78 is 5.97. The van der Waals surface area contributed by atoms with Crippen LogP contribution in [0.5, 0.6) is 0 Å². The second kappa shape index (κ2) is 12.0. The van der Waals surface area contributed by atoms with Crippen LogP contribution >= 0.6 is 35.6 Å². The minimum atomic E-state index is 0.387. The first kappa shape index (κ1) is 26.2. The van der Waals surface area contributed by atoms with Crippen LogP contribution in [-0.4, -0.2) is 31.6 Å². The van der Waals surface area contributed by atoms with Crippen molar-refractivity contribution in [2.45, 2.75) is 29.7 Å². The number of hydrogen-bond acceptors (Lipinski definition) is 8. The second-order valence-electron chi connectivity index (χ2n) is 9.04. The van der Waals surface area contributed by atoms with Crippen molar-refractivity contribution >= 4 is 52.5 Å². The summed E-state index contributed by atoms with van der Waals surface area (Å²) in [5, 5.41) is 8.73. The number of thiocarbonyl (C=S) groups is 1. The van der Waals surface area contributed by atoms with E-state index in [1.807, 2.05) is 42.5 Å². The number of benzene rings is 2. The van der Waals surface area contributed by atoms with Gasteiger partial charge in [0.2, 0.25) is 5.95 Å². The van der Waals surface area contributed by atoms with Crippen molar-refractivity contribution in [3.63, 3.8) is 0 Å². The zero-order valence-corrected chi connectivity index (χ0v) is 23.6. The van der Waals surface area contributed by atoms with Crippen molar-refractivity contribution in [1.29, 1.82) is 0 Å². The Kier molecular flexibility index (Phi) is 7.90. The van der Waals surface area contributed by atoms with Crippen LogP contribution in [0.2, 0.25) is 5.02 Å². The number of nitrogens with one attached hydrogen (secondary N) is 2. The van der Waals surface area contributed by atoms with Crippen LogP contribution in [0.25, 0.3) is 11.3 Å². The molecule has 0 radical (unpaired) electrons. The van der Waals surface area contributed by atoms with Gasteiger partial charge in [0.15, 0.2) is 10.3 Å². The molecule has 0 bridgehead atoms. The molecule has 2 aromatic carbocycles. The van der Waals surface area contributed by atoms with Crippen molar-refractivity contribution in [3.05, 3.63) is 107 Å². The van der Waals surface area contributed by atoms with E-state index in [0.29, 0.717) is 27.8 Å². The number of fused-ring (bicyclic) bond motifs is 1. The first-order valence-corrected chi connectivity index (χ1v) is 14.2. The van der Waals surface area contributed by atoms with Gasteiger partial charge in [-0.1, -0.05) is 35.9 Å². The van der Waals surface area contributed by atoms with Crippen LogP contribution in [0.15, 0.2) is 99.8 Å². The molecule has 8 nitrogen and oxygen atoms in total. The molecule has 3 aromatic heterocycles. The molecule has 200 valence electrons. The first-order chi connectivity index (χ1) is 19.6. The van der Waals surface area contributed by atoms with Gasteiger partial charge in [-0.05, 0) is 84.0 Å². The summed E-state index contributed by atoms with van der Waals surface area (Å²) in [4.78, 5) is 20.4. The summed E-state index contributed by atoms with van der Waals surface area (Å²) in [5.41, 5.74) is 3.63. The molecule has 1 aliphatic rings. The Labute approximate surface area is 246 Å². The van der Waals surface area contributed by atoms with Gasteiger partial charge in [0.1, 0.15) is 22.4 Å². The van der Waals surface area contributed by atoms with Crippen molar-refractivity contribution in [1.82, 2.24) is 25.3 Å². The van der Waals surface area contributed by atoms with Gasteiger partial charge in [-0.2, -0.15) is 4.98 Å². The maximum absolute atomic E-state index is 6.00. The number of aromatic nitrogens is 4. The largest absolute Gasteiger partial charge is 0.459 e. The molecular weight excluding hydrogens is 562 g/mol. The van der Waals surface area contributed by atoms with E-state index >= 15 is 0 Å². The zero-order valence-electron chi connectivity index (χ0n) is 21.3. The van der Waals surface area contributed by atoms with E-state index in [1.54, 1.807) is 18.5 Å². The number of furan rings is 1. The fourth-order valence-corrected chi connectivity index (χ4v) is 5.36. The third-order valence-corrected chi connectivity index (χ3v) is 7.63. The van der Waals surface area contributed by atoms with Gasteiger partial charge < -0.3 is 20.0 Å². The van der Waals surface area contributed by atoms with E-state index in [0.717, 1.165) is 47.4 Å². The normalized spacial score (nSPS) is 12.6. The maximum atomic E-state index is 6.00. The van der Waals surface area contributed by atoms with Gasteiger partial charge in [-0.25, -0.2) is 15.0 Å². The SMILES string of the molecule is S=C(NCc1ccc(-c2ccc(Cl)cc2)o1)Nc1nc(Sc2ncccn2)cc(N2CCc3ccccc3C2)n1. The highest BCUT2D eigenvalue weighted by molar-refractivity contribution is 7.99. The molecule has 0 spiro atoms. The standard InChI is InChI=1S/C29H24ClN7OS2/c30-22-8-6-20(7-9-22)24-11-10-23(38-24)17-33-28(39)36-27-34-25(16-26(35-27)40-29-31-13-3-14-32-29)37-15-12-19-4-1-2-5-21(19)18-37/h1-11,13-14,16H,12,15,17-18H2,(H2,33,34,35,36,39). The third kappa shape index (κ3) is 6.41. The quantitative estimate of drug-likeness (QED) is 0.127. The summed E-state index contributed by atoms with van der Waals surface area (Å²) in [5.74, 6) is 2.71. The lowest BCUT2D eigenvalue weighted by atomic mass is 10.00. The summed E-state index contributed by atoms with van der Waals surface area (Å²) in [6, 6.07) is 23.6. The Morgan fingerprint density at radius 2 is 1.77 bits per heavy atom. The Morgan fingerprint density at radius 3 is 2.60 bits per heavy atom. The molecule has 5 aromatic rings. The van der Waals surface area contributed by atoms with Crippen LogP contribution in [0, 0.1) is 0 Å². The molecule has 6 rings (SSSR count). The molecule has 0 saturated heterocycles. The van der Waals surface area contributed by atoms with Crippen molar-refractivity contribution in [3.8, 4) is 11.3 Å². The monoisotopic (exact) mass is 585 g/mol. The lowest BCUT2D eigenvalue weighted by molar-refractivity contribution is 0.516.